The molecular formula is C21H23N3O5. The zero-order valence-corrected chi connectivity index (χ0v) is 16.4. The molecule has 1 amide bonds. The van der Waals surface area contributed by atoms with E-state index >= 15 is 0 Å². The molecule has 2 aromatic carbocycles. The minimum Gasteiger partial charge on any atom is -0.452 e. The lowest BCUT2D eigenvalue weighted by Crippen LogP contribution is -2.24. The second-order valence-corrected chi connectivity index (χ2v) is 7.15. The van der Waals surface area contributed by atoms with Gasteiger partial charge in [0.15, 0.2) is 6.61 Å². The van der Waals surface area contributed by atoms with E-state index in [4.69, 9.17) is 4.74 Å². The monoisotopic (exact) mass is 397 g/mol. The number of ether oxygens (including phenoxy) is 1. The number of carbonyl (C=O) groups is 2. The third kappa shape index (κ3) is 5.10. The summed E-state index contributed by atoms with van der Waals surface area (Å²) < 4.78 is 5.16. The number of hydrogen-bond donors (Lipinski definition) is 1. The molecule has 0 aliphatic carbocycles. The van der Waals surface area contributed by atoms with Gasteiger partial charge >= 0.3 is 5.97 Å². The van der Waals surface area contributed by atoms with Crippen LogP contribution in [0.15, 0.2) is 36.4 Å². The number of nitro groups is 1. The van der Waals surface area contributed by atoms with Gasteiger partial charge in [-0.05, 0) is 56.0 Å². The van der Waals surface area contributed by atoms with Crippen LogP contribution in [0.4, 0.5) is 17.1 Å². The van der Waals surface area contributed by atoms with Crippen LogP contribution in [-0.4, -0.2) is 36.5 Å². The molecule has 2 aromatic rings. The van der Waals surface area contributed by atoms with Gasteiger partial charge in [0, 0.05) is 30.9 Å². The van der Waals surface area contributed by atoms with Crippen LogP contribution >= 0.6 is 0 Å². The minimum atomic E-state index is -0.758. The number of aryl methyl sites for hydroxylation is 2. The van der Waals surface area contributed by atoms with Gasteiger partial charge in [0.25, 0.3) is 11.6 Å². The van der Waals surface area contributed by atoms with E-state index in [0.29, 0.717) is 11.4 Å². The molecule has 0 atom stereocenters. The highest BCUT2D eigenvalue weighted by atomic mass is 16.6. The molecule has 0 spiro atoms. The highest BCUT2D eigenvalue weighted by Crippen LogP contribution is 2.29. The lowest BCUT2D eigenvalue weighted by Gasteiger charge is -2.20. The standard InChI is InChI=1S/C21H23N3O5/c1-14-9-15(2)11-16(10-14)22-20(25)13-29-21(26)18-12-17(24(27)28)5-6-19(18)23-7-3-4-8-23/h5-6,9-12H,3-4,7-8,13H2,1-2H3,(H,22,25). The molecule has 1 aliphatic heterocycles. The van der Waals surface area contributed by atoms with Crippen LogP contribution in [0, 0.1) is 24.0 Å². The van der Waals surface area contributed by atoms with E-state index in [1.165, 1.54) is 12.1 Å². The summed E-state index contributed by atoms with van der Waals surface area (Å²) in [6.45, 7) is 4.90. The molecule has 1 fully saturated rings. The highest BCUT2D eigenvalue weighted by Gasteiger charge is 2.24. The van der Waals surface area contributed by atoms with Crippen molar-refractivity contribution in [3.05, 3.63) is 63.2 Å². The largest absolute Gasteiger partial charge is 0.452 e. The number of nitrogens with one attached hydrogen (secondary N) is 1. The first-order chi connectivity index (χ1) is 13.8. The van der Waals surface area contributed by atoms with E-state index in [9.17, 15) is 19.7 Å². The first kappa shape index (κ1) is 20.3. The van der Waals surface area contributed by atoms with Crippen LogP contribution in [0.2, 0.25) is 0 Å². The molecule has 0 radical (unpaired) electrons. The number of nitro benzene ring substituents is 1. The number of esters is 1. The third-order valence-electron chi connectivity index (χ3n) is 4.70. The summed E-state index contributed by atoms with van der Waals surface area (Å²) in [6.07, 6.45) is 1.98. The molecule has 0 saturated carbocycles. The van der Waals surface area contributed by atoms with E-state index < -0.39 is 23.4 Å². The van der Waals surface area contributed by atoms with Crippen molar-refractivity contribution in [3.8, 4) is 0 Å². The fourth-order valence-electron chi connectivity index (χ4n) is 3.49. The second-order valence-electron chi connectivity index (χ2n) is 7.15. The zero-order chi connectivity index (χ0) is 21.0. The van der Waals surface area contributed by atoms with Crippen LogP contribution in [0.3, 0.4) is 0 Å². The number of carbonyl (C=O) groups excluding carboxylic acids is 2. The van der Waals surface area contributed by atoms with Gasteiger partial charge in [0.2, 0.25) is 0 Å². The Bertz CT molecular complexity index is 931. The predicted molar refractivity (Wildman–Crippen MR) is 109 cm³/mol. The van der Waals surface area contributed by atoms with Crippen molar-refractivity contribution in [1.29, 1.82) is 0 Å². The molecule has 1 aliphatic rings. The molecule has 0 bridgehead atoms. The number of non-ortho nitro benzene ring substituents is 1. The average molecular weight is 397 g/mol. The van der Waals surface area contributed by atoms with Crippen LogP contribution in [0.5, 0.6) is 0 Å². The van der Waals surface area contributed by atoms with Crippen molar-refractivity contribution in [1.82, 2.24) is 0 Å². The summed E-state index contributed by atoms with van der Waals surface area (Å²) in [5.41, 5.74) is 3.12. The number of benzene rings is 2. The molecule has 0 aromatic heterocycles. The van der Waals surface area contributed by atoms with Crippen LogP contribution in [0.1, 0.15) is 34.3 Å². The summed E-state index contributed by atoms with van der Waals surface area (Å²) in [5, 5.41) is 13.8. The second kappa shape index (κ2) is 8.72. The van der Waals surface area contributed by atoms with Crippen molar-refractivity contribution >= 4 is 28.9 Å². The maximum Gasteiger partial charge on any atom is 0.341 e. The summed E-state index contributed by atoms with van der Waals surface area (Å²) in [5.74, 6) is -1.23. The Morgan fingerprint density at radius 3 is 2.38 bits per heavy atom. The van der Waals surface area contributed by atoms with Crippen LogP contribution < -0.4 is 10.2 Å². The van der Waals surface area contributed by atoms with Crippen molar-refractivity contribution in [2.24, 2.45) is 0 Å². The van der Waals surface area contributed by atoms with Crippen LogP contribution in [0.25, 0.3) is 0 Å². The maximum absolute atomic E-state index is 12.6. The van der Waals surface area contributed by atoms with Crippen LogP contribution in [-0.2, 0) is 9.53 Å². The molecule has 152 valence electrons. The molecule has 1 N–H and O–H groups in total. The molecule has 3 rings (SSSR count). The van der Waals surface area contributed by atoms with Gasteiger partial charge in [-0.15, -0.1) is 0 Å². The summed E-state index contributed by atoms with van der Waals surface area (Å²) in [4.78, 5) is 37.3. The van der Waals surface area contributed by atoms with Gasteiger partial charge < -0.3 is 15.0 Å². The minimum absolute atomic E-state index is 0.0975. The van der Waals surface area contributed by atoms with Crippen molar-refractivity contribution in [3.63, 3.8) is 0 Å². The van der Waals surface area contributed by atoms with Gasteiger partial charge in [-0.3, -0.25) is 14.9 Å². The first-order valence-electron chi connectivity index (χ1n) is 9.42. The summed E-state index contributed by atoms with van der Waals surface area (Å²) >= 11 is 0. The number of nitrogens with zero attached hydrogens (tertiary/aromatic N) is 2. The lowest BCUT2D eigenvalue weighted by atomic mass is 10.1. The van der Waals surface area contributed by atoms with E-state index in [1.54, 1.807) is 6.07 Å². The maximum atomic E-state index is 12.6. The predicted octanol–water partition coefficient (Wildman–Crippen LogP) is 3.61. The van der Waals surface area contributed by atoms with Crippen molar-refractivity contribution in [2.75, 3.05) is 29.9 Å². The number of rotatable bonds is 6. The Hall–Kier alpha value is -3.42. The quantitative estimate of drug-likeness (QED) is 0.454. The Balaban J connectivity index is 1.71. The summed E-state index contributed by atoms with van der Waals surface area (Å²) in [7, 11) is 0. The normalized spacial score (nSPS) is 13.2. The van der Waals surface area contributed by atoms with Crippen molar-refractivity contribution < 1.29 is 19.2 Å². The Morgan fingerprint density at radius 2 is 1.76 bits per heavy atom. The molecular weight excluding hydrogens is 374 g/mol. The zero-order valence-electron chi connectivity index (χ0n) is 16.4. The van der Waals surface area contributed by atoms with E-state index in [-0.39, 0.29) is 11.3 Å². The topological polar surface area (TPSA) is 102 Å². The average Bonchev–Trinajstić information content (AvgIpc) is 3.19. The van der Waals surface area contributed by atoms with Gasteiger partial charge in [0.05, 0.1) is 16.2 Å². The highest BCUT2D eigenvalue weighted by molar-refractivity contribution is 5.99. The van der Waals surface area contributed by atoms with Crippen molar-refractivity contribution in [2.45, 2.75) is 26.7 Å². The number of hydrogen-bond acceptors (Lipinski definition) is 6. The molecule has 8 nitrogen and oxygen atoms in total. The Labute approximate surface area is 168 Å². The fraction of sp³-hybridized carbons (Fsp3) is 0.333. The Kier molecular flexibility index (Phi) is 6.11. The SMILES string of the molecule is Cc1cc(C)cc(NC(=O)COC(=O)c2cc([N+](=O)[O-])ccc2N2CCCC2)c1. The fourth-order valence-corrected chi connectivity index (χ4v) is 3.49. The number of anilines is 2. The number of amides is 1. The van der Waals surface area contributed by atoms with Gasteiger partial charge in [-0.25, -0.2) is 4.79 Å². The lowest BCUT2D eigenvalue weighted by molar-refractivity contribution is -0.384. The third-order valence-corrected chi connectivity index (χ3v) is 4.70. The smallest absolute Gasteiger partial charge is 0.341 e. The Morgan fingerprint density at radius 1 is 1.10 bits per heavy atom. The molecule has 8 heteroatoms. The van der Waals surface area contributed by atoms with Gasteiger partial charge in [-0.2, -0.15) is 0 Å². The van der Waals surface area contributed by atoms with Gasteiger partial charge in [-0.1, -0.05) is 6.07 Å². The first-order valence-corrected chi connectivity index (χ1v) is 9.42. The van der Waals surface area contributed by atoms with Gasteiger partial charge in [0.1, 0.15) is 0 Å². The van der Waals surface area contributed by atoms with E-state index in [0.717, 1.165) is 37.1 Å². The van der Waals surface area contributed by atoms with E-state index in [2.05, 4.69) is 5.32 Å². The summed E-state index contributed by atoms with van der Waals surface area (Å²) in [6, 6.07) is 9.76. The van der Waals surface area contributed by atoms with E-state index in [1.807, 2.05) is 36.9 Å². The molecule has 0 unspecified atom stereocenters. The molecule has 1 saturated heterocycles. The molecule has 1 heterocycles. The molecule has 29 heavy (non-hydrogen) atoms.